The first kappa shape index (κ1) is 16.6. The maximum atomic E-state index is 12.3. The van der Waals surface area contributed by atoms with E-state index in [0.717, 1.165) is 16.7 Å². The Bertz CT molecular complexity index is 1090. The summed E-state index contributed by atoms with van der Waals surface area (Å²) in [5.74, 6) is -0.177. The maximum Gasteiger partial charge on any atom is 0.246 e. The van der Waals surface area contributed by atoms with E-state index in [9.17, 15) is 4.79 Å². The van der Waals surface area contributed by atoms with Gasteiger partial charge >= 0.3 is 0 Å². The van der Waals surface area contributed by atoms with E-state index in [0.29, 0.717) is 11.4 Å². The Kier molecular flexibility index (Phi) is 4.65. The van der Waals surface area contributed by atoms with Gasteiger partial charge in [-0.1, -0.05) is 35.5 Å². The first-order chi connectivity index (χ1) is 13.3. The predicted molar refractivity (Wildman–Crippen MR) is 103 cm³/mol. The molecule has 1 amide bonds. The van der Waals surface area contributed by atoms with E-state index < -0.39 is 0 Å². The summed E-state index contributed by atoms with van der Waals surface area (Å²) in [5.41, 5.74) is 3.76. The second kappa shape index (κ2) is 7.57. The molecule has 0 unspecified atom stereocenters. The lowest BCUT2D eigenvalue weighted by Crippen LogP contribution is -2.19. The molecule has 1 aromatic heterocycles. The van der Waals surface area contributed by atoms with E-state index in [1.807, 2.05) is 54.6 Å². The SMILES string of the molecule is O=C(Cn1nnc2ccccc21)Nc1ccc(N=Nc2ccccc2)cc1. The van der Waals surface area contributed by atoms with Crippen molar-refractivity contribution in [3.05, 3.63) is 78.9 Å². The van der Waals surface area contributed by atoms with E-state index in [4.69, 9.17) is 0 Å². The number of hydrogen-bond donors (Lipinski definition) is 1. The van der Waals surface area contributed by atoms with Crippen molar-refractivity contribution in [2.45, 2.75) is 6.54 Å². The lowest BCUT2D eigenvalue weighted by Gasteiger charge is -2.06. The second-order valence-corrected chi connectivity index (χ2v) is 5.87. The van der Waals surface area contributed by atoms with Crippen molar-refractivity contribution in [3.8, 4) is 0 Å². The number of rotatable bonds is 5. The van der Waals surface area contributed by atoms with Crippen LogP contribution in [0.15, 0.2) is 89.1 Å². The third-order valence-corrected chi connectivity index (χ3v) is 3.90. The van der Waals surface area contributed by atoms with Crippen LogP contribution in [0.3, 0.4) is 0 Å². The standard InChI is InChI=1S/C20H16N6O/c27-20(14-26-19-9-5-4-8-18(19)24-25-26)21-15-10-12-17(13-11-15)23-22-16-6-2-1-3-7-16/h1-13H,14H2,(H,21,27). The molecule has 0 spiro atoms. The summed E-state index contributed by atoms with van der Waals surface area (Å²) in [6, 6.07) is 24.2. The lowest BCUT2D eigenvalue weighted by atomic mass is 10.3. The van der Waals surface area contributed by atoms with Gasteiger partial charge in [0.05, 0.1) is 16.9 Å². The number of benzene rings is 3. The molecule has 0 radical (unpaired) electrons. The molecule has 0 saturated carbocycles. The van der Waals surface area contributed by atoms with Crippen LogP contribution < -0.4 is 5.32 Å². The van der Waals surface area contributed by atoms with Crippen molar-refractivity contribution in [2.24, 2.45) is 10.2 Å². The van der Waals surface area contributed by atoms with Crippen LogP contribution in [-0.4, -0.2) is 20.9 Å². The van der Waals surface area contributed by atoms with Gasteiger partial charge in [-0.2, -0.15) is 10.2 Å². The molecule has 4 rings (SSSR count). The first-order valence-electron chi connectivity index (χ1n) is 8.43. The number of carbonyl (C=O) groups is 1. The quantitative estimate of drug-likeness (QED) is 0.535. The first-order valence-corrected chi connectivity index (χ1v) is 8.43. The van der Waals surface area contributed by atoms with Gasteiger partial charge in [-0.05, 0) is 48.5 Å². The van der Waals surface area contributed by atoms with Crippen LogP contribution >= 0.6 is 0 Å². The molecule has 0 fully saturated rings. The number of anilines is 1. The third-order valence-electron chi connectivity index (χ3n) is 3.90. The normalized spacial score (nSPS) is 11.1. The van der Waals surface area contributed by atoms with Gasteiger partial charge in [-0.15, -0.1) is 5.10 Å². The monoisotopic (exact) mass is 356 g/mol. The summed E-state index contributed by atoms with van der Waals surface area (Å²) in [7, 11) is 0. The molecule has 7 heteroatoms. The Balaban J connectivity index is 1.39. The molecule has 3 aromatic carbocycles. The average Bonchev–Trinajstić information content (AvgIpc) is 3.11. The zero-order valence-electron chi connectivity index (χ0n) is 14.4. The van der Waals surface area contributed by atoms with Crippen molar-refractivity contribution < 1.29 is 4.79 Å². The molecule has 0 aliphatic heterocycles. The van der Waals surface area contributed by atoms with Crippen LogP contribution in [0.4, 0.5) is 17.1 Å². The van der Waals surface area contributed by atoms with Crippen LogP contribution in [0.2, 0.25) is 0 Å². The lowest BCUT2D eigenvalue weighted by molar-refractivity contribution is -0.116. The molecule has 0 aliphatic carbocycles. The summed E-state index contributed by atoms with van der Waals surface area (Å²) >= 11 is 0. The van der Waals surface area contributed by atoms with Gasteiger partial charge < -0.3 is 5.32 Å². The number of nitrogens with zero attached hydrogens (tertiary/aromatic N) is 5. The Morgan fingerprint density at radius 3 is 2.30 bits per heavy atom. The van der Waals surface area contributed by atoms with Crippen LogP contribution in [-0.2, 0) is 11.3 Å². The highest BCUT2D eigenvalue weighted by atomic mass is 16.2. The molecule has 4 aromatic rings. The Morgan fingerprint density at radius 2 is 1.52 bits per heavy atom. The van der Waals surface area contributed by atoms with Gasteiger partial charge in [0.15, 0.2) is 0 Å². The average molecular weight is 356 g/mol. The highest BCUT2D eigenvalue weighted by molar-refractivity contribution is 5.91. The van der Waals surface area contributed by atoms with E-state index in [1.54, 1.807) is 28.9 Å². The molecule has 1 N–H and O–H groups in total. The van der Waals surface area contributed by atoms with Gasteiger partial charge in [0.2, 0.25) is 5.91 Å². The van der Waals surface area contributed by atoms with Crippen molar-refractivity contribution in [1.82, 2.24) is 15.0 Å². The molecular weight excluding hydrogens is 340 g/mol. The molecule has 1 heterocycles. The van der Waals surface area contributed by atoms with E-state index in [1.165, 1.54) is 0 Å². The molecule has 0 saturated heterocycles. The van der Waals surface area contributed by atoms with Gasteiger partial charge in [0.25, 0.3) is 0 Å². The minimum atomic E-state index is -0.177. The Morgan fingerprint density at radius 1 is 0.852 bits per heavy atom. The van der Waals surface area contributed by atoms with Crippen molar-refractivity contribution in [1.29, 1.82) is 0 Å². The molecule has 0 aliphatic rings. The van der Waals surface area contributed by atoms with Crippen molar-refractivity contribution in [2.75, 3.05) is 5.32 Å². The zero-order valence-corrected chi connectivity index (χ0v) is 14.4. The number of para-hydroxylation sites is 1. The molecule has 0 atom stereocenters. The van der Waals surface area contributed by atoms with Crippen LogP contribution in [0.5, 0.6) is 0 Å². The fourth-order valence-corrected chi connectivity index (χ4v) is 2.59. The minimum Gasteiger partial charge on any atom is -0.324 e. The van der Waals surface area contributed by atoms with Crippen LogP contribution in [0, 0.1) is 0 Å². The maximum absolute atomic E-state index is 12.3. The number of fused-ring (bicyclic) bond motifs is 1. The predicted octanol–water partition coefficient (Wildman–Crippen LogP) is 4.49. The van der Waals surface area contributed by atoms with Crippen LogP contribution in [0.1, 0.15) is 0 Å². The summed E-state index contributed by atoms with van der Waals surface area (Å²) in [6.07, 6.45) is 0. The van der Waals surface area contributed by atoms with Crippen molar-refractivity contribution in [3.63, 3.8) is 0 Å². The zero-order chi connectivity index (χ0) is 18.5. The van der Waals surface area contributed by atoms with E-state index >= 15 is 0 Å². The number of hydrogen-bond acceptors (Lipinski definition) is 5. The Labute approximate surface area is 155 Å². The molecular formula is C20H16N6O. The summed E-state index contributed by atoms with van der Waals surface area (Å²) < 4.78 is 1.58. The van der Waals surface area contributed by atoms with Gasteiger partial charge in [-0.3, -0.25) is 4.79 Å². The molecule has 0 bridgehead atoms. The van der Waals surface area contributed by atoms with Gasteiger partial charge in [0, 0.05) is 5.69 Å². The number of carbonyl (C=O) groups excluding carboxylic acids is 1. The number of amides is 1. The highest BCUT2D eigenvalue weighted by Crippen LogP contribution is 2.20. The smallest absolute Gasteiger partial charge is 0.246 e. The molecule has 7 nitrogen and oxygen atoms in total. The second-order valence-electron chi connectivity index (χ2n) is 5.87. The van der Waals surface area contributed by atoms with Crippen LogP contribution in [0.25, 0.3) is 11.0 Å². The van der Waals surface area contributed by atoms with E-state index in [-0.39, 0.29) is 12.5 Å². The highest BCUT2D eigenvalue weighted by Gasteiger charge is 2.08. The fourth-order valence-electron chi connectivity index (χ4n) is 2.59. The molecule has 132 valence electrons. The third kappa shape index (κ3) is 4.04. The largest absolute Gasteiger partial charge is 0.324 e. The van der Waals surface area contributed by atoms with E-state index in [2.05, 4.69) is 25.9 Å². The fraction of sp³-hybridized carbons (Fsp3) is 0.0500. The van der Waals surface area contributed by atoms with Crippen molar-refractivity contribution >= 4 is 34.0 Å². The minimum absolute atomic E-state index is 0.0932. The number of nitrogens with one attached hydrogen (secondary N) is 1. The summed E-state index contributed by atoms with van der Waals surface area (Å²) in [6.45, 7) is 0.0932. The van der Waals surface area contributed by atoms with Gasteiger partial charge in [0.1, 0.15) is 12.1 Å². The summed E-state index contributed by atoms with van der Waals surface area (Å²) in [5, 5.41) is 19.3. The molecule has 27 heavy (non-hydrogen) atoms. The topological polar surface area (TPSA) is 84.5 Å². The summed E-state index contributed by atoms with van der Waals surface area (Å²) in [4.78, 5) is 12.3. The Hall–Kier alpha value is -3.87. The number of aromatic nitrogens is 3. The van der Waals surface area contributed by atoms with Gasteiger partial charge in [-0.25, -0.2) is 4.68 Å². The number of azo groups is 1.